The van der Waals surface area contributed by atoms with Crippen LogP contribution in [0.2, 0.25) is 0 Å². The maximum atomic E-state index is 12.8. The first-order chi connectivity index (χ1) is 18.6. The van der Waals surface area contributed by atoms with Crippen molar-refractivity contribution in [3.63, 3.8) is 0 Å². The summed E-state index contributed by atoms with van der Waals surface area (Å²) in [7, 11) is 0. The molecule has 39 heavy (non-hydrogen) atoms. The number of carbonyl (C=O) groups excluding carboxylic acids is 1. The van der Waals surface area contributed by atoms with E-state index in [4.69, 9.17) is 4.74 Å². The molecule has 2 aromatic carbocycles. The number of nitrogens with one attached hydrogen (secondary N) is 1. The van der Waals surface area contributed by atoms with Gasteiger partial charge in [-0.25, -0.2) is 0 Å². The van der Waals surface area contributed by atoms with Crippen molar-refractivity contribution in [3.05, 3.63) is 64.2 Å². The Kier molecular flexibility index (Phi) is 9.94. The molecule has 4 rings (SSSR count). The van der Waals surface area contributed by atoms with Crippen molar-refractivity contribution < 1.29 is 22.7 Å². The van der Waals surface area contributed by atoms with Gasteiger partial charge >= 0.3 is 6.18 Å². The Bertz CT molecular complexity index is 1100. The van der Waals surface area contributed by atoms with Crippen LogP contribution in [0.1, 0.15) is 65.2 Å². The molecule has 5 nitrogen and oxygen atoms in total. The topological polar surface area (TPSA) is 44.8 Å². The molecule has 1 saturated carbocycles. The van der Waals surface area contributed by atoms with Gasteiger partial charge in [0.25, 0.3) is 5.91 Å². The molecule has 1 amide bonds. The van der Waals surface area contributed by atoms with E-state index in [1.807, 2.05) is 0 Å². The first kappa shape index (κ1) is 29.4. The molecule has 1 saturated heterocycles. The highest BCUT2D eigenvalue weighted by molar-refractivity contribution is 5.94. The van der Waals surface area contributed by atoms with E-state index in [0.29, 0.717) is 31.3 Å². The quantitative estimate of drug-likeness (QED) is 0.401. The summed E-state index contributed by atoms with van der Waals surface area (Å²) in [5.41, 5.74) is 3.31. The van der Waals surface area contributed by atoms with Crippen molar-refractivity contribution in [2.75, 3.05) is 45.9 Å². The van der Waals surface area contributed by atoms with E-state index in [2.05, 4.69) is 43.1 Å². The number of benzene rings is 2. The van der Waals surface area contributed by atoms with Crippen LogP contribution >= 0.6 is 0 Å². The van der Waals surface area contributed by atoms with E-state index in [9.17, 15) is 18.0 Å². The summed E-state index contributed by atoms with van der Waals surface area (Å²) in [5.74, 6) is 1.48. The van der Waals surface area contributed by atoms with Crippen molar-refractivity contribution >= 4 is 5.91 Å². The zero-order valence-electron chi connectivity index (χ0n) is 23.4. The lowest BCUT2D eigenvalue weighted by atomic mass is 9.86. The Morgan fingerprint density at radius 3 is 2.33 bits per heavy atom. The van der Waals surface area contributed by atoms with Crippen LogP contribution in [0.5, 0.6) is 5.75 Å². The van der Waals surface area contributed by atoms with Crippen LogP contribution in [-0.4, -0.2) is 67.6 Å². The van der Waals surface area contributed by atoms with Crippen LogP contribution in [0.15, 0.2) is 36.4 Å². The van der Waals surface area contributed by atoms with Crippen LogP contribution in [0, 0.1) is 19.8 Å². The van der Waals surface area contributed by atoms with Gasteiger partial charge in [0, 0.05) is 50.9 Å². The minimum Gasteiger partial charge on any atom is -0.492 e. The number of piperazine rings is 1. The molecule has 0 bridgehead atoms. The molecule has 8 heteroatoms. The van der Waals surface area contributed by atoms with Crippen molar-refractivity contribution in [1.29, 1.82) is 0 Å². The van der Waals surface area contributed by atoms with Crippen LogP contribution in [0.4, 0.5) is 13.2 Å². The highest BCUT2D eigenvalue weighted by Crippen LogP contribution is 2.29. The fourth-order valence-corrected chi connectivity index (χ4v) is 5.74. The Hall–Kier alpha value is -2.58. The molecule has 0 spiro atoms. The van der Waals surface area contributed by atoms with Crippen molar-refractivity contribution in [1.82, 2.24) is 15.1 Å². The summed E-state index contributed by atoms with van der Waals surface area (Å²) in [6, 6.07) is 9.34. The number of rotatable bonds is 9. The first-order valence-corrected chi connectivity index (χ1v) is 14.3. The third-order valence-electron chi connectivity index (χ3n) is 8.54. The van der Waals surface area contributed by atoms with E-state index in [1.54, 1.807) is 4.90 Å². The summed E-state index contributed by atoms with van der Waals surface area (Å²) >= 11 is 0. The Morgan fingerprint density at radius 1 is 0.974 bits per heavy atom. The number of hydrogen-bond acceptors (Lipinski definition) is 4. The highest BCUT2D eigenvalue weighted by atomic mass is 19.4. The SMILES string of the molecule is Cc1c(CCN2CCN(C(=O)c3ccc(C(F)(F)F)cc3)CC2)ccc(OCCNC2CCCCC2C)c1C. The number of halogens is 3. The number of hydrogen-bond donors (Lipinski definition) is 1. The van der Waals surface area contributed by atoms with Gasteiger partial charge in [0.2, 0.25) is 0 Å². The van der Waals surface area contributed by atoms with Gasteiger partial charge < -0.3 is 15.0 Å². The average Bonchev–Trinajstić information content (AvgIpc) is 2.93. The summed E-state index contributed by atoms with van der Waals surface area (Å²) in [4.78, 5) is 16.8. The molecule has 1 heterocycles. The summed E-state index contributed by atoms with van der Waals surface area (Å²) < 4.78 is 44.5. The maximum Gasteiger partial charge on any atom is 0.416 e. The standard InChI is InChI=1S/C31H42F3N3O2/c1-22-6-4-5-7-28(22)35-15-21-39-29-13-10-25(23(2)24(29)3)14-16-36-17-19-37(20-18-36)30(38)26-8-11-27(12-9-26)31(32,33)34/h8-13,22,28,35H,4-7,14-21H2,1-3H3. The molecule has 1 N–H and O–H groups in total. The summed E-state index contributed by atoms with van der Waals surface area (Å²) in [6.07, 6.45) is 1.76. The Morgan fingerprint density at radius 2 is 1.67 bits per heavy atom. The number of amides is 1. The van der Waals surface area contributed by atoms with Gasteiger partial charge in [0.15, 0.2) is 0 Å². The van der Waals surface area contributed by atoms with E-state index < -0.39 is 11.7 Å². The van der Waals surface area contributed by atoms with Gasteiger partial charge in [-0.15, -0.1) is 0 Å². The average molecular weight is 546 g/mol. The van der Waals surface area contributed by atoms with Gasteiger partial charge in [0.05, 0.1) is 5.56 Å². The third-order valence-corrected chi connectivity index (χ3v) is 8.54. The van der Waals surface area contributed by atoms with Crippen molar-refractivity contribution in [2.45, 2.75) is 65.1 Å². The molecule has 2 aliphatic rings. The predicted molar refractivity (Wildman–Crippen MR) is 148 cm³/mol. The maximum absolute atomic E-state index is 12.8. The zero-order valence-corrected chi connectivity index (χ0v) is 23.4. The van der Waals surface area contributed by atoms with Gasteiger partial charge in [-0.1, -0.05) is 25.8 Å². The highest BCUT2D eigenvalue weighted by Gasteiger charge is 2.31. The predicted octanol–water partition coefficient (Wildman–Crippen LogP) is 5.87. The van der Waals surface area contributed by atoms with Gasteiger partial charge in [-0.05, 0) is 86.1 Å². The normalized spacial score (nSPS) is 20.7. The monoisotopic (exact) mass is 545 g/mol. The minimum absolute atomic E-state index is 0.214. The van der Waals surface area contributed by atoms with Crippen LogP contribution in [0.3, 0.4) is 0 Å². The number of carbonyl (C=O) groups is 1. The second-order valence-corrected chi connectivity index (χ2v) is 11.1. The van der Waals surface area contributed by atoms with Gasteiger partial charge in [-0.2, -0.15) is 13.2 Å². The van der Waals surface area contributed by atoms with Gasteiger partial charge in [-0.3, -0.25) is 9.69 Å². The molecule has 2 fully saturated rings. The largest absolute Gasteiger partial charge is 0.492 e. The number of ether oxygens (including phenoxy) is 1. The minimum atomic E-state index is -4.40. The fraction of sp³-hybridized carbons (Fsp3) is 0.581. The Balaban J connectivity index is 1.20. The van der Waals surface area contributed by atoms with E-state index >= 15 is 0 Å². The van der Waals surface area contributed by atoms with Crippen LogP contribution in [-0.2, 0) is 12.6 Å². The molecular weight excluding hydrogens is 503 g/mol. The van der Waals surface area contributed by atoms with Gasteiger partial charge in [0.1, 0.15) is 12.4 Å². The first-order valence-electron chi connectivity index (χ1n) is 14.3. The van der Waals surface area contributed by atoms with E-state index in [-0.39, 0.29) is 5.91 Å². The zero-order chi connectivity index (χ0) is 28.0. The second-order valence-electron chi connectivity index (χ2n) is 11.1. The molecule has 2 unspecified atom stereocenters. The molecular formula is C31H42F3N3O2. The Labute approximate surface area is 230 Å². The molecule has 0 radical (unpaired) electrons. The van der Waals surface area contributed by atoms with Crippen LogP contribution in [0.25, 0.3) is 0 Å². The van der Waals surface area contributed by atoms with Crippen LogP contribution < -0.4 is 10.1 Å². The lowest BCUT2D eigenvalue weighted by molar-refractivity contribution is -0.137. The molecule has 1 aliphatic heterocycles. The summed E-state index contributed by atoms with van der Waals surface area (Å²) in [5, 5.41) is 3.67. The smallest absolute Gasteiger partial charge is 0.416 e. The lowest BCUT2D eigenvalue weighted by Crippen LogP contribution is -2.49. The molecule has 2 aromatic rings. The second kappa shape index (κ2) is 13.2. The molecule has 2 atom stereocenters. The molecule has 1 aliphatic carbocycles. The number of alkyl halides is 3. The number of nitrogens with zero attached hydrogens (tertiary/aromatic N) is 2. The molecule has 0 aromatic heterocycles. The summed E-state index contributed by atoms with van der Waals surface area (Å²) in [6.45, 7) is 11.7. The van der Waals surface area contributed by atoms with Crippen molar-refractivity contribution in [2.24, 2.45) is 5.92 Å². The fourth-order valence-electron chi connectivity index (χ4n) is 5.74. The molecule has 214 valence electrons. The third kappa shape index (κ3) is 7.76. The van der Waals surface area contributed by atoms with Crippen molar-refractivity contribution in [3.8, 4) is 5.75 Å². The lowest BCUT2D eigenvalue weighted by Gasteiger charge is -2.35. The van der Waals surface area contributed by atoms with E-state index in [1.165, 1.54) is 54.5 Å². The van der Waals surface area contributed by atoms with E-state index in [0.717, 1.165) is 56.4 Å².